The second kappa shape index (κ2) is 11.7. The number of carbonyl (C=O) groups is 1. The Morgan fingerprint density at radius 3 is 2.47 bits per heavy atom. The third-order valence-electron chi connectivity index (χ3n) is 6.09. The maximum atomic E-state index is 12.7. The molecule has 1 saturated heterocycles. The summed E-state index contributed by atoms with van der Waals surface area (Å²) >= 11 is 0. The first-order chi connectivity index (χ1) is 16.2. The van der Waals surface area contributed by atoms with Gasteiger partial charge in [-0.2, -0.15) is 12.7 Å². The highest BCUT2D eigenvalue weighted by molar-refractivity contribution is 7.90. The number of amides is 1. The lowest BCUT2D eigenvalue weighted by Gasteiger charge is -2.41. The van der Waals surface area contributed by atoms with Crippen molar-refractivity contribution in [3.63, 3.8) is 0 Å². The lowest BCUT2D eigenvalue weighted by Crippen LogP contribution is -2.52. The predicted molar refractivity (Wildman–Crippen MR) is 138 cm³/mol. The summed E-state index contributed by atoms with van der Waals surface area (Å²) in [7, 11) is -0.857. The van der Waals surface area contributed by atoms with Crippen LogP contribution in [0.1, 0.15) is 18.9 Å². The van der Waals surface area contributed by atoms with Crippen LogP contribution in [-0.4, -0.2) is 82.9 Å². The number of piperazine rings is 1. The fourth-order valence-corrected chi connectivity index (χ4v) is 5.30. The fraction of sp³-hybridized carbons (Fsp3) is 0.480. The van der Waals surface area contributed by atoms with Gasteiger partial charge in [0.1, 0.15) is 6.54 Å². The molecule has 0 radical (unpaired) electrons. The van der Waals surface area contributed by atoms with Crippen LogP contribution in [0.3, 0.4) is 0 Å². The number of rotatable bonds is 10. The van der Waals surface area contributed by atoms with Crippen molar-refractivity contribution in [3.05, 3.63) is 60.2 Å². The van der Waals surface area contributed by atoms with Crippen LogP contribution in [-0.2, 0) is 15.0 Å². The quantitative estimate of drug-likeness (QED) is 0.521. The molecule has 1 heterocycles. The topological polar surface area (TPSA) is 76.2 Å². The summed E-state index contributed by atoms with van der Waals surface area (Å²) in [5.41, 5.74) is 3.01. The minimum atomic E-state index is -3.78. The van der Waals surface area contributed by atoms with E-state index in [-0.39, 0.29) is 12.5 Å². The molecule has 34 heavy (non-hydrogen) atoms. The number of aryl methyl sites for hydroxylation is 1. The van der Waals surface area contributed by atoms with Gasteiger partial charge in [-0.15, -0.1) is 0 Å². The van der Waals surface area contributed by atoms with E-state index in [0.717, 1.165) is 41.2 Å². The van der Waals surface area contributed by atoms with E-state index >= 15 is 0 Å². The molecule has 0 unspecified atom stereocenters. The summed E-state index contributed by atoms with van der Waals surface area (Å²) in [4.78, 5) is 17.5. The number of nitrogens with zero attached hydrogens (tertiary/aromatic N) is 4. The van der Waals surface area contributed by atoms with E-state index in [2.05, 4.69) is 53.2 Å². The molecule has 2 aromatic carbocycles. The van der Waals surface area contributed by atoms with E-state index in [1.807, 2.05) is 6.07 Å². The molecule has 2 aromatic rings. The number of hydrogen-bond donors (Lipinski definition) is 1. The molecule has 0 aliphatic carbocycles. The zero-order chi connectivity index (χ0) is 24.7. The van der Waals surface area contributed by atoms with E-state index in [1.54, 1.807) is 24.3 Å². The summed E-state index contributed by atoms with van der Waals surface area (Å²) < 4.78 is 27.7. The maximum absolute atomic E-state index is 12.7. The lowest BCUT2D eigenvalue weighted by atomic mass is 10.1. The summed E-state index contributed by atoms with van der Waals surface area (Å²) in [5.74, 6) is -0.313. The number of anilines is 2. The van der Waals surface area contributed by atoms with Crippen LogP contribution in [0.4, 0.5) is 11.4 Å². The monoisotopic (exact) mass is 487 g/mol. The van der Waals surface area contributed by atoms with Crippen molar-refractivity contribution < 1.29 is 13.2 Å². The Hall–Kier alpha value is -2.62. The molecule has 8 nitrogen and oxygen atoms in total. The predicted octanol–water partition coefficient (Wildman–Crippen LogP) is 2.32. The summed E-state index contributed by atoms with van der Waals surface area (Å²) in [6, 6.07) is 17.7. The Balaban J connectivity index is 1.46. The second-order valence-electron chi connectivity index (χ2n) is 9.02. The smallest absolute Gasteiger partial charge is 0.304 e. The molecule has 0 spiro atoms. The van der Waals surface area contributed by atoms with E-state index in [1.165, 1.54) is 25.3 Å². The van der Waals surface area contributed by atoms with Crippen molar-refractivity contribution in [2.75, 3.05) is 62.6 Å². The molecular formula is C25H37N5O3S. The molecular weight excluding hydrogens is 450 g/mol. The molecule has 186 valence electrons. The van der Waals surface area contributed by atoms with Gasteiger partial charge in [-0.3, -0.25) is 9.69 Å². The molecule has 1 amide bonds. The fourth-order valence-electron chi connectivity index (χ4n) is 4.24. The molecule has 3 rings (SSSR count). The van der Waals surface area contributed by atoms with Crippen LogP contribution in [0.15, 0.2) is 54.6 Å². The number of benzene rings is 2. The van der Waals surface area contributed by atoms with Crippen LogP contribution in [0.25, 0.3) is 0 Å². The summed E-state index contributed by atoms with van der Waals surface area (Å²) in [6.45, 7) is 8.45. The van der Waals surface area contributed by atoms with Crippen molar-refractivity contribution in [3.8, 4) is 0 Å². The van der Waals surface area contributed by atoms with Crippen molar-refractivity contribution >= 4 is 27.5 Å². The number of hydrogen-bond acceptors (Lipinski definition) is 5. The highest BCUT2D eigenvalue weighted by Gasteiger charge is 2.27. The van der Waals surface area contributed by atoms with Crippen molar-refractivity contribution in [2.24, 2.45) is 0 Å². The Labute approximate surface area is 204 Å². The molecule has 0 bridgehead atoms. The first-order valence-corrected chi connectivity index (χ1v) is 13.2. The van der Waals surface area contributed by atoms with Crippen molar-refractivity contribution in [2.45, 2.75) is 26.3 Å². The van der Waals surface area contributed by atoms with Crippen LogP contribution >= 0.6 is 0 Å². The Morgan fingerprint density at radius 1 is 1.09 bits per heavy atom. The van der Waals surface area contributed by atoms with E-state index < -0.39 is 10.2 Å². The first-order valence-electron chi connectivity index (χ1n) is 11.8. The first kappa shape index (κ1) is 26.0. The van der Waals surface area contributed by atoms with Crippen LogP contribution in [0.5, 0.6) is 0 Å². The van der Waals surface area contributed by atoms with Crippen molar-refractivity contribution in [1.82, 2.24) is 14.5 Å². The molecule has 1 aliphatic rings. The van der Waals surface area contributed by atoms with Gasteiger partial charge in [-0.25, -0.2) is 4.31 Å². The Bertz CT molecular complexity index is 1050. The number of para-hydroxylation sites is 1. The van der Waals surface area contributed by atoms with Gasteiger partial charge in [0.25, 0.3) is 0 Å². The maximum Gasteiger partial charge on any atom is 0.304 e. The van der Waals surface area contributed by atoms with Crippen LogP contribution in [0.2, 0.25) is 0 Å². The molecule has 1 aliphatic heterocycles. The normalized spacial score (nSPS) is 17.1. The molecule has 1 fully saturated rings. The second-order valence-corrected chi connectivity index (χ2v) is 11.1. The minimum absolute atomic E-state index is 0.253. The zero-order valence-electron chi connectivity index (χ0n) is 20.6. The highest BCUT2D eigenvalue weighted by Crippen LogP contribution is 2.22. The Kier molecular flexibility index (Phi) is 8.93. The van der Waals surface area contributed by atoms with Crippen LogP contribution in [0, 0.1) is 6.92 Å². The molecule has 1 atom stereocenters. The molecule has 1 N–H and O–H groups in total. The van der Waals surface area contributed by atoms with E-state index in [9.17, 15) is 13.2 Å². The number of carbonyl (C=O) groups excluding carboxylic acids is 1. The summed E-state index contributed by atoms with van der Waals surface area (Å²) in [6.07, 6.45) is 0.814. The largest absolute Gasteiger partial charge is 0.366 e. The van der Waals surface area contributed by atoms with Gasteiger partial charge in [-0.1, -0.05) is 30.3 Å². The molecule has 0 saturated carbocycles. The number of nitrogens with one attached hydrogen (secondary N) is 1. The van der Waals surface area contributed by atoms with Gasteiger partial charge in [0.2, 0.25) is 5.91 Å². The third kappa shape index (κ3) is 6.71. The third-order valence-corrected chi connectivity index (χ3v) is 7.91. The highest BCUT2D eigenvalue weighted by atomic mass is 32.2. The molecule has 9 heteroatoms. The lowest BCUT2D eigenvalue weighted by molar-refractivity contribution is -0.119. The Morgan fingerprint density at radius 2 is 1.82 bits per heavy atom. The van der Waals surface area contributed by atoms with Crippen molar-refractivity contribution in [1.29, 1.82) is 0 Å². The minimum Gasteiger partial charge on any atom is -0.366 e. The average molecular weight is 488 g/mol. The average Bonchev–Trinajstić information content (AvgIpc) is 2.80. The van der Waals surface area contributed by atoms with Gasteiger partial charge in [0.15, 0.2) is 0 Å². The van der Waals surface area contributed by atoms with E-state index in [4.69, 9.17) is 0 Å². The van der Waals surface area contributed by atoms with Gasteiger partial charge in [0.05, 0.1) is 5.69 Å². The zero-order valence-corrected chi connectivity index (χ0v) is 21.5. The SMILES string of the molecule is Cc1cccc(N2CCN(CCCNC(=O)CN(c3ccccc3)S(=O)(=O)N(C)C)C[C@@H]2C)c1. The van der Waals surface area contributed by atoms with E-state index in [0.29, 0.717) is 18.3 Å². The van der Waals surface area contributed by atoms with Gasteiger partial charge in [-0.05, 0) is 56.6 Å². The van der Waals surface area contributed by atoms with Gasteiger partial charge in [0, 0.05) is 52.0 Å². The van der Waals surface area contributed by atoms with Gasteiger partial charge < -0.3 is 10.2 Å². The van der Waals surface area contributed by atoms with Gasteiger partial charge >= 0.3 is 10.2 Å². The van der Waals surface area contributed by atoms with Crippen LogP contribution < -0.4 is 14.5 Å². The summed E-state index contributed by atoms with van der Waals surface area (Å²) in [5, 5.41) is 2.88. The standard InChI is InChI=1S/C25H37N5O3S/c1-21-10-8-13-24(18-21)29-17-16-28(19-22(29)2)15-9-14-26-25(31)20-30(34(32,33)27(3)4)23-11-6-5-7-12-23/h5-8,10-13,18,22H,9,14-17,19-20H2,1-4H3,(H,26,31)/t22-/m0/s1. The molecule has 0 aromatic heterocycles.